The molecule has 0 amide bonds. The van der Waals surface area contributed by atoms with E-state index >= 15 is 0 Å². The van der Waals surface area contributed by atoms with E-state index < -0.39 is 32.7 Å². The average Bonchev–Trinajstić information content (AvgIpc) is 2.41. The molecule has 0 spiro atoms. The summed E-state index contributed by atoms with van der Waals surface area (Å²) in [6, 6.07) is 4.24. The fraction of sp³-hybridized carbons (Fsp3) is 0.455. The lowest BCUT2D eigenvalue weighted by molar-refractivity contribution is -0.387. The summed E-state index contributed by atoms with van der Waals surface area (Å²) < 4.78 is 32.1. The van der Waals surface area contributed by atoms with Gasteiger partial charge in [0.25, 0.3) is 5.69 Å². The molecular weight excluding hydrogens is 286 g/mol. The molecule has 0 unspecified atom stereocenters. The van der Waals surface area contributed by atoms with Gasteiger partial charge in [-0.15, -0.1) is 0 Å². The second-order valence-electron chi connectivity index (χ2n) is 4.48. The first-order valence-electron chi connectivity index (χ1n) is 6.01. The number of nitrogens with zero attached hydrogens (tertiary/aromatic N) is 1. The number of nitro benzene ring substituents is 1. The van der Waals surface area contributed by atoms with Crippen LogP contribution in [-0.4, -0.2) is 38.6 Å². The van der Waals surface area contributed by atoms with Gasteiger partial charge in [-0.25, -0.2) is 13.1 Å². The predicted molar refractivity (Wildman–Crippen MR) is 70.6 cm³/mol. The molecule has 110 valence electrons. The molecule has 1 aromatic rings. The third kappa shape index (κ3) is 3.12. The topological polar surface area (TPSA) is 125 Å². The molecule has 0 radical (unpaired) electrons. The highest BCUT2D eigenvalue weighted by Gasteiger charge is 2.31. The number of benzene rings is 1. The minimum absolute atomic E-state index is 0.254. The Morgan fingerprint density at radius 2 is 2.10 bits per heavy atom. The fourth-order valence-electron chi connectivity index (χ4n) is 2.00. The van der Waals surface area contributed by atoms with Crippen LogP contribution in [-0.2, 0) is 14.8 Å². The van der Waals surface area contributed by atoms with E-state index in [1.165, 1.54) is 18.2 Å². The van der Waals surface area contributed by atoms with Crippen LogP contribution in [0.15, 0.2) is 29.2 Å². The molecule has 1 saturated heterocycles. The second kappa shape index (κ2) is 5.83. The molecule has 2 rings (SSSR count). The molecule has 2 atom stereocenters. The first kappa shape index (κ1) is 14.9. The minimum atomic E-state index is -4.00. The highest BCUT2D eigenvalue weighted by Crippen LogP contribution is 2.23. The number of nitrogens with one attached hydrogen (secondary N) is 1. The van der Waals surface area contributed by atoms with Gasteiger partial charge in [-0.3, -0.25) is 10.1 Å². The summed E-state index contributed by atoms with van der Waals surface area (Å²) in [5.41, 5.74) is 5.32. The Morgan fingerprint density at radius 1 is 1.40 bits per heavy atom. The van der Waals surface area contributed by atoms with Crippen molar-refractivity contribution in [2.24, 2.45) is 5.73 Å². The van der Waals surface area contributed by atoms with Crippen molar-refractivity contribution < 1.29 is 18.1 Å². The van der Waals surface area contributed by atoms with Crippen molar-refractivity contribution in [2.75, 3.05) is 13.2 Å². The highest BCUT2D eigenvalue weighted by molar-refractivity contribution is 7.89. The molecule has 8 nitrogen and oxygen atoms in total. The molecule has 20 heavy (non-hydrogen) atoms. The van der Waals surface area contributed by atoms with Crippen LogP contribution in [0.1, 0.15) is 6.42 Å². The van der Waals surface area contributed by atoms with Gasteiger partial charge in [0.05, 0.1) is 11.5 Å². The monoisotopic (exact) mass is 301 g/mol. The normalized spacial score (nSPS) is 23.4. The summed E-state index contributed by atoms with van der Waals surface area (Å²) in [7, 11) is -4.00. The standard InChI is InChI=1S/C11H15N3O5S/c12-8-7-19-6-5-9(8)13-20(17,18)11-4-2-1-3-10(11)14(15)16/h1-4,8-9,13H,5-7,12H2/t8-,9+/m0/s1. The zero-order valence-electron chi connectivity index (χ0n) is 10.6. The molecule has 1 fully saturated rings. The van der Waals surface area contributed by atoms with E-state index in [4.69, 9.17) is 10.5 Å². The van der Waals surface area contributed by atoms with E-state index in [2.05, 4.69) is 4.72 Å². The first-order valence-corrected chi connectivity index (χ1v) is 7.49. The van der Waals surface area contributed by atoms with Gasteiger partial charge in [-0.05, 0) is 12.5 Å². The van der Waals surface area contributed by atoms with Gasteiger partial charge in [-0.2, -0.15) is 0 Å². The summed E-state index contributed by atoms with van der Waals surface area (Å²) in [5, 5.41) is 10.9. The molecule has 0 aliphatic carbocycles. The quantitative estimate of drug-likeness (QED) is 0.595. The van der Waals surface area contributed by atoms with Crippen LogP contribution in [0.25, 0.3) is 0 Å². The average molecular weight is 301 g/mol. The number of nitrogens with two attached hydrogens (primary N) is 1. The van der Waals surface area contributed by atoms with Crippen LogP contribution >= 0.6 is 0 Å². The molecule has 3 N–H and O–H groups in total. The summed E-state index contributed by atoms with van der Waals surface area (Å²) in [5.74, 6) is 0. The van der Waals surface area contributed by atoms with E-state index in [-0.39, 0.29) is 11.5 Å². The van der Waals surface area contributed by atoms with E-state index in [0.29, 0.717) is 13.0 Å². The summed E-state index contributed by atoms with van der Waals surface area (Å²) in [6.45, 7) is 0.655. The molecular formula is C11H15N3O5S. The van der Waals surface area contributed by atoms with Crippen molar-refractivity contribution in [1.82, 2.24) is 4.72 Å². The van der Waals surface area contributed by atoms with Crippen molar-refractivity contribution in [2.45, 2.75) is 23.4 Å². The second-order valence-corrected chi connectivity index (χ2v) is 6.16. The highest BCUT2D eigenvalue weighted by atomic mass is 32.2. The molecule has 1 heterocycles. The lowest BCUT2D eigenvalue weighted by Crippen LogP contribution is -2.52. The number of hydrogen-bond acceptors (Lipinski definition) is 6. The van der Waals surface area contributed by atoms with E-state index in [0.717, 1.165) is 6.07 Å². The lowest BCUT2D eigenvalue weighted by atomic mass is 10.1. The van der Waals surface area contributed by atoms with Crippen molar-refractivity contribution in [3.8, 4) is 0 Å². The van der Waals surface area contributed by atoms with Crippen LogP contribution in [0.3, 0.4) is 0 Å². The summed E-state index contributed by atoms with van der Waals surface area (Å²) in [4.78, 5) is 9.81. The van der Waals surface area contributed by atoms with Crippen LogP contribution in [0.2, 0.25) is 0 Å². The zero-order chi connectivity index (χ0) is 14.8. The van der Waals surface area contributed by atoms with Crippen LogP contribution in [0.5, 0.6) is 0 Å². The van der Waals surface area contributed by atoms with E-state index in [1.807, 2.05) is 0 Å². The molecule has 9 heteroatoms. The Kier molecular flexibility index (Phi) is 4.33. The van der Waals surface area contributed by atoms with Crippen molar-refractivity contribution in [1.29, 1.82) is 0 Å². The fourth-order valence-corrected chi connectivity index (χ4v) is 3.50. The third-order valence-electron chi connectivity index (χ3n) is 3.06. The minimum Gasteiger partial charge on any atom is -0.380 e. The maximum Gasteiger partial charge on any atom is 0.289 e. The maximum atomic E-state index is 12.3. The largest absolute Gasteiger partial charge is 0.380 e. The van der Waals surface area contributed by atoms with Gasteiger partial charge < -0.3 is 10.5 Å². The van der Waals surface area contributed by atoms with Crippen molar-refractivity contribution in [3.05, 3.63) is 34.4 Å². The van der Waals surface area contributed by atoms with Gasteiger partial charge in [0.15, 0.2) is 4.90 Å². The number of sulfonamides is 1. The van der Waals surface area contributed by atoms with Crippen molar-refractivity contribution in [3.63, 3.8) is 0 Å². The molecule has 0 saturated carbocycles. The Balaban J connectivity index is 2.29. The molecule has 1 aliphatic heterocycles. The number of rotatable bonds is 4. The van der Waals surface area contributed by atoms with Gasteiger partial charge in [0.1, 0.15) is 0 Å². The lowest BCUT2D eigenvalue weighted by Gasteiger charge is -2.28. The number of ether oxygens (including phenoxy) is 1. The number of nitro groups is 1. The third-order valence-corrected chi connectivity index (χ3v) is 4.60. The van der Waals surface area contributed by atoms with Gasteiger partial charge in [0.2, 0.25) is 10.0 Å². The Labute approximate surface area is 116 Å². The zero-order valence-corrected chi connectivity index (χ0v) is 11.4. The van der Waals surface area contributed by atoms with Gasteiger partial charge in [-0.1, -0.05) is 12.1 Å². The summed E-state index contributed by atoms with van der Waals surface area (Å²) in [6.07, 6.45) is 0.432. The van der Waals surface area contributed by atoms with Gasteiger partial charge in [0, 0.05) is 24.8 Å². The number of hydrogen-bond donors (Lipinski definition) is 2. The van der Waals surface area contributed by atoms with Crippen LogP contribution in [0.4, 0.5) is 5.69 Å². The molecule has 0 bridgehead atoms. The smallest absolute Gasteiger partial charge is 0.289 e. The maximum absolute atomic E-state index is 12.3. The summed E-state index contributed by atoms with van der Waals surface area (Å²) >= 11 is 0. The first-order chi connectivity index (χ1) is 9.42. The molecule has 0 aromatic heterocycles. The van der Waals surface area contributed by atoms with Crippen LogP contribution in [0, 0.1) is 10.1 Å². The number of para-hydroxylation sites is 1. The molecule has 1 aliphatic rings. The van der Waals surface area contributed by atoms with Gasteiger partial charge >= 0.3 is 0 Å². The van der Waals surface area contributed by atoms with E-state index in [1.54, 1.807) is 0 Å². The SMILES string of the molecule is N[C@H]1COCC[C@H]1NS(=O)(=O)c1ccccc1[N+](=O)[O-]. The van der Waals surface area contributed by atoms with Crippen LogP contribution < -0.4 is 10.5 Å². The van der Waals surface area contributed by atoms with E-state index in [9.17, 15) is 18.5 Å². The Morgan fingerprint density at radius 3 is 2.75 bits per heavy atom. The molecule has 1 aromatic carbocycles. The predicted octanol–water partition coefficient (Wildman–Crippen LogP) is -0.0107. The van der Waals surface area contributed by atoms with Crippen molar-refractivity contribution >= 4 is 15.7 Å². The Hall–Kier alpha value is -1.55. The Bertz CT molecular complexity index is 604.